The van der Waals surface area contributed by atoms with Crippen LogP contribution in [0.1, 0.15) is 63.3 Å². The molecule has 1 aliphatic rings. The van der Waals surface area contributed by atoms with Crippen LogP contribution in [0.5, 0.6) is 0 Å². The van der Waals surface area contributed by atoms with Gasteiger partial charge in [-0.25, -0.2) is 4.98 Å². The van der Waals surface area contributed by atoms with E-state index >= 15 is 0 Å². The summed E-state index contributed by atoms with van der Waals surface area (Å²) in [4.78, 5) is 25.2. The molecule has 0 spiro atoms. The molecular weight excluding hydrogens is 362 g/mol. The number of piperazine rings is 1. The third-order valence-corrected chi connectivity index (χ3v) is 5.50. The van der Waals surface area contributed by atoms with E-state index in [4.69, 9.17) is 4.98 Å². The minimum atomic E-state index is 0.136. The van der Waals surface area contributed by atoms with Crippen molar-refractivity contribution >= 4 is 23.4 Å². The predicted octanol–water partition coefficient (Wildman–Crippen LogP) is 4.44. The summed E-state index contributed by atoms with van der Waals surface area (Å²) in [6.07, 6.45) is 0. The van der Waals surface area contributed by atoms with Crippen molar-refractivity contribution in [3.63, 3.8) is 0 Å². The summed E-state index contributed by atoms with van der Waals surface area (Å²) in [5.74, 6) is 2.48. The summed E-state index contributed by atoms with van der Waals surface area (Å²) in [5, 5.41) is 3.54. The topological polar surface area (TPSA) is 61.4 Å². The van der Waals surface area contributed by atoms with E-state index in [-0.39, 0.29) is 5.91 Å². The highest BCUT2D eigenvalue weighted by atomic mass is 16.2. The lowest BCUT2D eigenvalue weighted by Crippen LogP contribution is -2.48. The third-order valence-electron chi connectivity index (χ3n) is 5.50. The zero-order valence-electron chi connectivity index (χ0n) is 18.5. The van der Waals surface area contributed by atoms with Crippen molar-refractivity contribution in [3.05, 3.63) is 41.1 Å². The van der Waals surface area contributed by atoms with Gasteiger partial charge >= 0.3 is 0 Å². The fourth-order valence-corrected chi connectivity index (χ4v) is 3.83. The lowest BCUT2D eigenvalue weighted by molar-refractivity contribution is -0.129. The molecular formula is C23H33N5O. The van der Waals surface area contributed by atoms with Gasteiger partial charge < -0.3 is 15.1 Å². The monoisotopic (exact) mass is 395 g/mol. The summed E-state index contributed by atoms with van der Waals surface area (Å²) in [6, 6.07) is 8.51. The van der Waals surface area contributed by atoms with Gasteiger partial charge in [0.25, 0.3) is 0 Å². The van der Waals surface area contributed by atoms with E-state index in [0.29, 0.717) is 17.8 Å². The molecule has 6 nitrogen and oxygen atoms in total. The smallest absolute Gasteiger partial charge is 0.229 e. The second kappa shape index (κ2) is 8.80. The molecule has 2 aromatic rings. The Balaban J connectivity index is 1.89. The highest BCUT2D eigenvalue weighted by Gasteiger charge is 2.21. The maximum absolute atomic E-state index is 11.6. The number of rotatable bonds is 5. The van der Waals surface area contributed by atoms with E-state index in [1.54, 1.807) is 6.92 Å². The Kier molecular flexibility index (Phi) is 6.40. The standard InChI is InChI=1S/C23H33N5O/c1-15(2)19-8-7-9-20(16(3)4)22(19)26-23-24-17(5)14-21(25-23)28-12-10-27(11-13-28)18(6)29/h7-9,14-16H,10-13H2,1-6H3,(H,24,25,26). The number of carbonyl (C=O) groups excluding carboxylic acids is 1. The molecule has 2 heterocycles. The van der Waals surface area contributed by atoms with Gasteiger partial charge in [0.2, 0.25) is 11.9 Å². The number of anilines is 3. The molecule has 0 aliphatic carbocycles. The second-order valence-electron chi connectivity index (χ2n) is 8.43. The second-order valence-corrected chi connectivity index (χ2v) is 8.43. The average Bonchev–Trinajstić information content (AvgIpc) is 2.67. The number of hydrogen-bond acceptors (Lipinski definition) is 5. The molecule has 1 saturated heterocycles. The van der Waals surface area contributed by atoms with E-state index in [1.165, 1.54) is 11.1 Å². The summed E-state index contributed by atoms with van der Waals surface area (Å²) in [5.41, 5.74) is 4.60. The highest BCUT2D eigenvalue weighted by Crippen LogP contribution is 2.34. The molecule has 0 atom stereocenters. The van der Waals surface area contributed by atoms with Gasteiger partial charge in [-0.15, -0.1) is 0 Å². The van der Waals surface area contributed by atoms with Crippen molar-refractivity contribution in [3.8, 4) is 0 Å². The first kappa shape index (κ1) is 21.1. The van der Waals surface area contributed by atoms with E-state index in [0.717, 1.165) is 43.4 Å². The van der Waals surface area contributed by atoms with Crippen LogP contribution < -0.4 is 10.2 Å². The molecule has 1 aromatic heterocycles. The number of aryl methyl sites for hydroxylation is 1. The molecule has 156 valence electrons. The third kappa shape index (κ3) is 4.86. The zero-order valence-corrected chi connectivity index (χ0v) is 18.5. The minimum absolute atomic E-state index is 0.136. The Morgan fingerprint density at radius 1 is 1.00 bits per heavy atom. The first-order valence-electron chi connectivity index (χ1n) is 10.5. The molecule has 1 aromatic carbocycles. The number of nitrogens with zero attached hydrogens (tertiary/aromatic N) is 4. The van der Waals surface area contributed by atoms with Gasteiger partial charge in [-0.1, -0.05) is 45.9 Å². The molecule has 1 fully saturated rings. The summed E-state index contributed by atoms with van der Waals surface area (Å²) >= 11 is 0. The number of hydrogen-bond donors (Lipinski definition) is 1. The predicted molar refractivity (Wildman–Crippen MR) is 119 cm³/mol. The maximum atomic E-state index is 11.6. The lowest BCUT2D eigenvalue weighted by Gasteiger charge is -2.35. The van der Waals surface area contributed by atoms with Gasteiger partial charge in [-0.05, 0) is 29.9 Å². The Hall–Kier alpha value is -2.63. The number of amides is 1. The number of benzene rings is 1. The van der Waals surface area contributed by atoms with Crippen molar-refractivity contribution in [1.29, 1.82) is 0 Å². The summed E-state index contributed by atoms with van der Waals surface area (Å²) < 4.78 is 0. The van der Waals surface area contributed by atoms with Gasteiger partial charge in [-0.3, -0.25) is 4.79 Å². The first-order valence-corrected chi connectivity index (χ1v) is 10.5. The van der Waals surface area contributed by atoms with Crippen LogP contribution in [0.4, 0.5) is 17.5 Å². The Bertz CT molecular complexity index is 843. The van der Waals surface area contributed by atoms with E-state index in [9.17, 15) is 4.79 Å². The van der Waals surface area contributed by atoms with Gasteiger partial charge in [0.05, 0.1) is 0 Å². The van der Waals surface area contributed by atoms with Crippen LogP contribution in [0.2, 0.25) is 0 Å². The number of aromatic nitrogens is 2. The van der Waals surface area contributed by atoms with Crippen LogP contribution in [0.25, 0.3) is 0 Å². The minimum Gasteiger partial charge on any atom is -0.353 e. The van der Waals surface area contributed by atoms with Crippen LogP contribution in [0.15, 0.2) is 24.3 Å². The van der Waals surface area contributed by atoms with Gasteiger partial charge in [0.1, 0.15) is 5.82 Å². The van der Waals surface area contributed by atoms with Crippen LogP contribution in [0, 0.1) is 6.92 Å². The molecule has 0 bridgehead atoms. The number of carbonyl (C=O) groups is 1. The zero-order chi connectivity index (χ0) is 21.1. The largest absolute Gasteiger partial charge is 0.353 e. The molecule has 6 heteroatoms. The van der Waals surface area contributed by atoms with Crippen molar-refractivity contribution in [1.82, 2.24) is 14.9 Å². The summed E-state index contributed by atoms with van der Waals surface area (Å²) in [6.45, 7) is 15.5. The van der Waals surface area contributed by atoms with E-state index < -0.39 is 0 Å². The average molecular weight is 396 g/mol. The lowest BCUT2D eigenvalue weighted by atomic mass is 9.93. The molecule has 1 amide bonds. The quantitative estimate of drug-likeness (QED) is 0.811. The molecule has 0 saturated carbocycles. The molecule has 3 rings (SSSR count). The fraction of sp³-hybridized carbons (Fsp3) is 0.522. The normalized spacial score (nSPS) is 14.6. The Morgan fingerprint density at radius 2 is 1.59 bits per heavy atom. The Morgan fingerprint density at radius 3 is 2.10 bits per heavy atom. The molecule has 0 radical (unpaired) electrons. The summed E-state index contributed by atoms with van der Waals surface area (Å²) in [7, 11) is 0. The molecule has 1 N–H and O–H groups in total. The molecule has 29 heavy (non-hydrogen) atoms. The van der Waals surface area contributed by atoms with Crippen molar-refractivity contribution in [2.45, 2.75) is 53.4 Å². The maximum Gasteiger partial charge on any atom is 0.229 e. The Labute approximate surface area is 174 Å². The SMILES string of the molecule is CC(=O)N1CCN(c2cc(C)nc(Nc3c(C(C)C)cccc3C(C)C)n2)CC1. The van der Waals surface area contributed by atoms with Crippen LogP contribution in [-0.2, 0) is 4.79 Å². The molecule has 0 unspecified atom stereocenters. The van der Waals surface area contributed by atoms with E-state index in [2.05, 4.69) is 61.1 Å². The van der Waals surface area contributed by atoms with Gasteiger partial charge in [0, 0.05) is 50.6 Å². The van der Waals surface area contributed by atoms with Gasteiger partial charge in [-0.2, -0.15) is 4.98 Å². The van der Waals surface area contributed by atoms with Crippen LogP contribution >= 0.6 is 0 Å². The number of nitrogens with one attached hydrogen (secondary N) is 1. The van der Waals surface area contributed by atoms with Crippen molar-refractivity contribution in [2.24, 2.45) is 0 Å². The fourth-order valence-electron chi connectivity index (χ4n) is 3.83. The number of para-hydroxylation sites is 1. The van der Waals surface area contributed by atoms with Crippen molar-refractivity contribution in [2.75, 3.05) is 36.4 Å². The van der Waals surface area contributed by atoms with Crippen LogP contribution in [-0.4, -0.2) is 47.0 Å². The highest BCUT2D eigenvalue weighted by molar-refractivity contribution is 5.73. The van der Waals surface area contributed by atoms with Gasteiger partial charge in [0.15, 0.2) is 0 Å². The first-order chi connectivity index (χ1) is 13.8. The molecule has 1 aliphatic heterocycles. The van der Waals surface area contributed by atoms with Crippen molar-refractivity contribution < 1.29 is 4.79 Å². The van der Waals surface area contributed by atoms with E-state index in [1.807, 2.05) is 17.9 Å². The van der Waals surface area contributed by atoms with Crippen LogP contribution in [0.3, 0.4) is 0 Å².